The predicted molar refractivity (Wildman–Crippen MR) is 102 cm³/mol. The van der Waals surface area contributed by atoms with Crippen LogP contribution in [0.4, 0.5) is 4.79 Å². The number of ether oxygens (including phenoxy) is 2. The lowest BCUT2D eigenvalue weighted by Crippen LogP contribution is -2.44. The van der Waals surface area contributed by atoms with E-state index in [1.807, 2.05) is 30.9 Å². The van der Waals surface area contributed by atoms with Gasteiger partial charge in [0.15, 0.2) is 11.5 Å². The lowest BCUT2D eigenvalue weighted by Gasteiger charge is -2.31. The first-order chi connectivity index (χ1) is 13.4. The number of urea groups is 1. The molecule has 8 heteroatoms. The van der Waals surface area contributed by atoms with Gasteiger partial charge in [0, 0.05) is 19.1 Å². The number of rotatable bonds is 7. The summed E-state index contributed by atoms with van der Waals surface area (Å²) >= 11 is 0. The second-order valence-electron chi connectivity index (χ2n) is 7.16. The number of nitrogens with zero attached hydrogens (tertiary/aromatic N) is 3. The summed E-state index contributed by atoms with van der Waals surface area (Å²) in [5.41, 5.74) is 2.24. The first-order valence-electron chi connectivity index (χ1n) is 9.70. The van der Waals surface area contributed by atoms with E-state index in [4.69, 9.17) is 9.47 Å². The first kappa shape index (κ1) is 20.1. The molecule has 0 atom stereocenters. The molecule has 2 aliphatic rings. The van der Waals surface area contributed by atoms with Crippen LogP contribution in [-0.2, 0) is 22.6 Å². The molecule has 1 aromatic carbocycles. The van der Waals surface area contributed by atoms with Crippen molar-refractivity contribution < 1.29 is 23.9 Å². The summed E-state index contributed by atoms with van der Waals surface area (Å²) in [6.45, 7) is 9.73. The fourth-order valence-corrected chi connectivity index (χ4v) is 3.58. The largest absolute Gasteiger partial charge is 0.490 e. The van der Waals surface area contributed by atoms with Gasteiger partial charge in [-0.3, -0.25) is 19.4 Å². The third kappa shape index (κ3) is 3.69. The molecule has 0 bridgehead atoms. The zero-order chi connectivity index (χ0) is 20.4. The Morgan fingerprint density at radius 2 is 1.57 bits per heavy atom. The van der Waals surface area contributed by atoms with Gasteiger partial charge >= 0.3 is 17.8 Å². The van der Waals surface area contributed by atoms with Crippen molar-refractivity contribution in [3.63, 3.8) is 0 Å². The lowest BCUT2D eigenvalue weighted by atomic mass is 9.99. The zero-order valence-electron chi connectivity index (χ0n) is 16.9. The topological polar surface area (TPSA) is 79.4 Å². The van der Waals surface area contributed by atoms with Crippen LogP contribution in [0.3, 0.4) is 0 Å². The van der Waals surface area contributed by atoms with E-state index >= 15 is 0 Å². The molecule has 1 saturated heterocycles. The molecule has 3 rings (SSSR count). The summed E-state index contributed by atoms with van der Waals surface area (Å²) in [5.74, 6) is -0.0809. The van der Waals surface area contributed by atoms with Gasteiger partial charge < -0.3 is 9.47 Å². The van der Waals surface area contributed by atoms with E-state index in [0.29, 0.717) is 32.1 Å². The van der Waals surface area contributed by atoms with Crippen molar-refractivity contribution in [2.24, 2.45) is 0 Å². The first-order valence-corrected chi connectivity index (χ1v) is 9.70. The van der Waals surface area contributed by atoms with Crippen molar-refractivity contribution in [2.75, 3.05) is 26.4 Å². The second kappa shape index (κ2) is 8.18. The Labute approximate surface area is 165 Å². The Balaban J connectivity index is 1.76. The van der Waals surface area contributed by atoms with Crippen LogP contribution in [0.25, 0.3) is 0 Å². The average molecular weight is 389 g/mol. The van der Waals surface area contributed by atoms with Crippen molar-refractivity contribution in [1.29, 1.82) is 0 Å². The fraction of sp³-hybridized carbons (Fsp3) is 0.550. The third-order valence-corrected chi connectivity index (χ3v) is 4.90. The summed E-state index contributed by atoms with van der Waals surface area (Å²) < 4.78 is 11.4. The molecule has 28 heavy (non-hydrogen) atoms. The van der Waals surface area contributed by atoms with Gasteiger partial charge in [-0.15, -0.1) is 0 Å². The van der Waals surface area contributed by atoms with Crippen LogP contribution in [0, 0.1) is 0 Å². The van der Waals surface area contributed by atoms with Gasteiger partial charge in [-0.25, -0.2) is 9.69 Å². The minimum absolute atomic E-state index is 0.100. The van der Waals surface area contributed by atoms with Crippen LogP contribution < -0.4 is 9.47 Å². The maximum absolute atomic E-state index is 12.5. The molecule has 1 fully saturated rings. The quantitative estimate of drug-likeness (QED) is 0.524. The molecule has 0 aliphatic carbocycles. The Bertz CT molecular complexity index is 792. The lowest BCUT2D eigenvalue weighted by molar-refractivity contribution is -0.144. The van der Waals surface area contributed by atoms with Gasteiger partial charge in [-0.2, -0.15) is 0 Å². The van der Waals surface area contributed by atoms with Gasteiger partial charge in [0.05, 0.1) is 19.9 Å². The number of fused-ring (bicyclic) bond motifs is 1. The monoisotopic (exact) mass is 389 g/mol. The minimum atomic E-state index is -0.758. The average Bonchev–Trinajstić information content (AvgIpc) is 2.86. The molecule has 0 aromatic heterocycles. The molecule has 4 amide bonds. The van der Waals surface area contributed by atoms with E-state index in [1.54, 1.807) is 13.8 Å². The number of carbonyl (C=O) groups excluding carboxylic acids is 3. The number of amides is 4. The van der Waals surface area contributed by atoms with Crippen molar-refractivity contribution in [2.45, 2.75) is 46.7 Å². The molecule has 0 spiro atoms. The number of hydrogen-bond donors (Lipinski definition) is 0. The standard InChI is InChI=1S/C20H27N3O5/c1-5-27-16-9-14-7-8-21(11-15(14)10-17(16)28-6-2)12-22-18(24)19(25)23(13(3)4)20(22)26/h9-10,13H,5-8,11-12H2,1-4H3. The highest BCUT2D eigenvalue weighted by atomic mass is 16.5. The second-order valence-corrected chi connectivity index (χ2v) is 7.16. The van der Waals surface area contributed by atoms with Crippen LogP contribution in [0.15, 0.2) is 12.1 Å². The molecule has 0 radical (unpaired) electrons. The van der Waals surface area contributed by atoms with E-state index in [-0.39, 0.29) is 12.7 Å². The zero-order valence-corrected chi connectivity index (χ0v) is 16.9. The summed E-state index contributed by atoms with van der Waals surface area (Å²) in [5, 5.41) is 0. The van der Waals surface area contributed by atoms with E-state index in [0.717, 1.165) is 27.5 Å². The SMILES string of the molecule is CCOc1cc2c(cc1OCC)CN(CN1C(=O)C(=O)N(C(C)C)C1=O)CC2. The maximum Gasteiger partial charge on any atom is 0.335 e. The van der Waals surface area contributed by atoms with Crippen molar-refractivity contribution >= 4 is 17.8 Å². The normalized spacial score (nSPS) is 17.5. The molecule has 0 N–H and O–H groups in total. The van der Waals surface area contributed by atoms with Crippen LogP contribution in [0.1, 0.15) is 38.8 Å². The Kier molecular flexibility index (Phi) is 5.88. The third-order valence-electron chi connectivity index (χ3n) is 4.90. The summed E-state index contributed by atoms with van der Waals surface area (Å²) in [6, 6.07) is 3.09. The van der Waals surface area contributed by atoms with Gasteiger partial charge in [-0.1, -0.05) is 0 Å². The van der Waals surface area contributed by atoms with Crippen LogP contribution in [0.5, 0.6) is 11.5 Å². The number of benzene rings is 1. The number of imide groups is 2. The van der Waals surface area contributed by atoms with Gasteiger partial charge in [0.25, 0.3) is 0 Å². The smallest absolute Gasteiger partial charge is 0.335 e. The molecular weight excluding hydrogens is 362 g/mol. The van der Waals surface area contributed by atoms with E-state index in [1.165, 1.54) is 5.56 Å². The molecule has 8 nitrogen and oxygen atoms in total. The van der Waals surface area contributed by atoms with E-state index in [9.17, 15) is 14.4 Å². The molecule has 152 valence electrons. The highest BCUT2D eigenvalue weighted by Gasteiger charge is 2.46. The number of hydrogen-bond acceptors (Lipinski definition) is 6. The minimum Gasteiger partial charge on any atom is -0.490 e. The van der Waals surface area contributed by atoms with Crippen molar-refractivity contribution in [3.8, 4) is 11.5 Å². The number of carbonyl (C=O) groups is 3. The predicted octanol–water partition coefficient (Wildman–Crippen LogP) is 2.00. The van der Waals surface area contributed by atoms with E-state index < -0.39 is 17.8 Å². The van der Waals surface area contributed by atoms with Crippen LogP contribution >= 0.6 is 0 Å². The summed E-state index contributed by atoms with van der Waals surface area (Å²) in [7, 11) is 0. The maximum atomic E-state index is 12.5. The van der Waals surface area contributed by atoms with Crippen molar-refractivity contribution in [3.05, 3.63) is 23.3 Å². The van der Waals surface area contributed by atoms with E-state index in [2.05, 4.69) is 0 Å². The molecule has 0 saturated carbocycles. The fourth-order valence-electron chi connectivity index (χ4n) is 3.58. The molecule has 2 heterocycles. The highest BCUT2D eigenvalue weighted by molar-refractivity contribution is 6.44. The van der Waals surface area contributed by atoms with Crippen LogP contribution in [0.2, 0.25) is 0 Å². The molecular formula is C20H27N3O5. The van der Waals surface area contributed by atoms with Gasteiger partial charge in [0.2, 0.25) is 0 Å². The highest BCUT2D eigenvalue weighted by Crippen LogP contribution is 2.34. The Hall–Kier alpha value is -2.61. The molecule has 1 aromatic rings. The molecule has 0 unspecified atom stereocenters. The Morgan fingerprint density at radius 1 is 0.964 bits per heavy atom. The van der Waals surface area contributed by atoms with Crippen molar-refractivity contribution in [1.82, 2.24) is 14.7 Å². The molecule has 2 aliphatic heterocycles. The van der Waals surface area contributed by atoms with Gasteiger partial charge in [0.1, 0.15) is 0 Å². The summed E-state index contributed by atoms with van der Waals surface area (Å²) in [4.78, 5) is 40.9. The van der Waals surface area contributed by atoms with Crippen LogP contribution in [-0.4, -0.2) is 65.0 Å². The Morgan fingerprint density at radius 3 is 2.11 bits per heavy atom. The van der Waals surface area contributed by atoms with Gasteiger partial charge in [-0.05, 0) is 57.4 Å². The summed E-state index contributed by atoms with van der Waals surface area (Å²) in [6.07, 6.45) is 0.764.